The third-order valence-electron chi connectivity index (χ3n) is 13.2. The molecule has 298 valence electrons. The van der Waals surface area contributed by atoms with Crippen LogP contribution in [0.4, 0.5) is 17.1 Å². The van der Waals surface area contributed by atoms with Crippen LogP contribution in [0, 0.1) is 0 Å². The molecule has 0 saturated heterocycles. The van der Waals surface area contributed by atoms with Gasteiger partial charge in [-0.25, -0.2) is 0 Å². The van der Waals surface area contributed by atoms with Gasteiger partial charge in [-0.1, -0.05) is 204 Å². The van der Waals surface area contributed by atoms with E-state index in [-0.39, 0.29) is 6.71 Å². The Bertz CT molecular complexity index is 3710. The van der Waals surface area contributed by atoms with Crippen LogP contribution < -0.4 is 26.0 Å². The lowest BCUT2D eigenvalue weighted by Gasteiger charge is -2.30. The molecule has 0 fully saturated rings. The van der Waals surface area contributed by atoms with Gasteiger partial charge >= 0.3 is 0 Å². The molecule has 1 aliphatic heterocycles. The van der Waals surface area contributed by atoms with Gasteiger partial charge in [0, 0.05) is 43.7 Å². The van der Waals surface area contributed by atoms with Crippen molar-refractivity contribution in [3.8, 4) is 33.8 Å². The lowest BCUT2D eigenvalue weighted by molar-refractivity contribution is 0.487. The summed E-state index contributed by atoms with van der Waals surface area (Å²) in [5.74, 6) is 1.71. The van der Waals surface area contributed by atoms with Crippen LogP contribution >= 0.6 is 11.3 Å². The predicted molar refractivity (Wildman–Crippen MR) is 275 cm³/mol. The SMILES string of the molecule is c1ccc(-c2ccccc2N(c2ccc3c(c2)Oc2cccc4c(B(c5cccc6ccccc56)c5cccc6ccccc56)ccc-3c24)c2cccc3c2sc2ccccc23)cc1. The number of ether oxygens (including phenoxy) is 1. The number of thiophene rings is 1. The van der Waals surface area contributed by atoms with Gasteiger partial charge in [-0.3, -0.25) is 0 Å². The zero-order valence-corrected chi connectivity index (χ0v) is 35.6. The highest BCUT2D eigenvalue weighted by Crippen LogP contribution is 2.51. The molecule has 1 aliphatic rings. The van der Waals surface area contributed by atoms with Gasteiger partial charge in [0.1, 0.15) is 11.5 Å². The average molecular weight is 832 g/mol. The normalized spacial score (nSPS) is 11.9. The molecule has 0 unspecified atom stereocenters. The molecule has 0 amide bonds. The Balaban J connectivity index is 1.01. The zero-order valence-electron chi connectivity index (χ0n) is 34.8. The van der Waals surface area contributed by atoms with Gasteiger partial charge in [-0.15, -0.1) is 11.3 Å². The number of hydrogen-bond donors (Lipinski definition) is 0. The van der Waals surface area contributed by atoms with E-state index < -0.39 is 0 Å². The Morgan fingerprint density at radius 3 is 1.75 bits per heavy atom. The Morgan fingerprint density at radius 2 is 0.953 bits per heavy atom. The summed E-state index contributed by atoms with van der Waals surface area (Å²) in [4.78, 5) is 2.43. The molecule has 11 aromatic carbocycles. The van der Waals surface area contributed by atoms with Crippen molar-refractivity contribution >= 4 is 104 Å². The van der Waals surface area contributed by atoms with Crippen LogP contribution in [0.25, 0.3) is 74.7 Å². The van der Waals surface area contributed by atoms with Crippen LogP contribution in [0.2, 0.25) is 0 Å². The summed E-state index contributed by atoms with van der Waals surface area (Å²) in [5.41, 5.74) is 11.7. The van der Waals surface area contributed by atoms with Crippen LogP contribution in [0.3, 0.4) is 0 Å². The third kappa shape index (κ3) is 5.80. The molecule has 4 heteroatoms. The number of para-hydroxylation sites is 1. The van der Waals surface area contributed by atoms with Gasteiger partial charge in [-0.05, 0) is 74.5 Å². The Labute approximate surface area is 376 Å². The maximum Gasteiger partial charge on any atom is 0.243 e. The number of anilines is 3. The van der Waals surface area contributed by atoms with Gasteiger partial charge in [0.2, 0.25) is 6.71 Å². The largest absolute Gasteiger partial charge is 0.456 e. The Kier molecular flexibility index (Phi) is 8.53. The van der Waals surface area contributed by atoms with Crippen molar-refractivity contribution in [3.05, 3.63) is 231 Å². The summed E-state index contributed by atoms with van der Waals surface area (Å²) in [6.45, 7) is -0.0277. The van der Waals surface area contributed by atoms with E-state index in [1.54, 1.807) is 0 Å². The van der Waals surface area contributed by atoms with E-state index in [2.05, 4.69) is 235 Å². The van der Waals surface area contributed by atoms with E-state index in [1.165, 1.54) is 74.6 Å². The van der Waals surface area contributed by atoms with Gasteiger partial charge in [0.05, 0.1) is 16.1 Å². The molecule has 0 saturated carbocycles. The van der Waals surface area contributed by atoms with Crippen LogP contribution in [-0.4, -0.2) is 6.71 Å². The maximum absolute atomic E-state index is 7.13. The van der Waals surface area contributed by atoms with Crippen LogP contribution in [-0.2, 0) is 0 Å². The molecule has 0 aliphatic carbocycles. The summed E-state index contributed by atoms with van der Waals surface area (Å²) >= 11 is 1.85. The number of nitrogens with zero attached hydrogens (tertiary/aromatic N) is 1. The highest BCUT2D eigenvalue weighted by molar-refractivity contribution is 7.26. The fraction of sp³-hybridized carbons (Fsp3) is 0. The highest BCUT2D eigenvalue weighted by Gasteiger charge is 2.31. The van der Waals surface area contributed by atoms with Crippen molar-refractivity contribution in [1.29, 1.82) is 0 Å². The minimum Gasteiger partial charge on any atom is -0.456 e. The Hall–Kier alpha value is -7.92. The molecular formula is C60H38BNOS. The van der Waals surface area contributed by atoms with Crippen LogP contribution in [0.1, 0.15) is 0 Å². The fourth-order valence-corrected chi connectivity index (χ4v) is 11.6. The quantitative estimate of drug-likeness (QED) is 0.148. The molecule has 0 atom stereocenters. The average Bonchev–Trinajstić information content (AvgIpc) is 3.75. The van der Waals surface area contributed by atoms with Gasteiger partial charge in [0.15, 0.2) is 0 Å². The lowest BCUT2D eigenvalue weighted by Crippen LogP contribution is -2.52. The molecule has 2 nitrogen and oxygen atoms in total. The van der Waals surface area contributed by atoms with Crippen molar-refractivity contribution < 1.29 is 4.74 Å². The monoisotopic (exact) mass is 831 g/mol. The predicted octanol–water partition coefficient (Wildman–Crippen LogP) is 14.9. The first-order valence-corrected chi connectivity index (χ1v) is 22.8. The first kappa shape index (κ1) is 36.7. The van der Waals surface area contributed by atoms with E-state index in [0.717, 1.165) is 45.1 Å². The van der Waals surface area contributed by atoms with Crippen molar-refractivity contribution in [2.24, 2.45) is 0 Å². The first-order chi connectivity index (χ1) is 31.8. The summed E-state index contributed by atoms with van der Waals surface area (Å²) in [6, 6.07) is 84.1. The van der Waals surface area contributed by atoms with Gasteiger partial charge in [-0.2, -0.15) is 0 Å². The second-order valence-electron chi connectivity index (χ2n) is 16.7. The molecule has 13 rings (SSSR count). The second kappa shape index (κ2) is 14.9. The summed E-state index contributed by atoms with van der Waals surface area (Å²) in [7, 11) is 0. The number of rotatable bonds is 7. The van der Waals surface area contributed by atoms with E-state index in [1.807, 2.05) is 11.3 Å². The summed E-state index contributed by atoms with van der Waals surface area (Å²) < 4.78 is 9.65. The van der Waals surface area contributed by atoms with Crippen molar-refractivity contribution in [2.75, 3.05) is 4.90 Å². The topological polar surface area (TPSA) is 12.5 Å². The summed E-state index contributed by atoms with van der Waals surface area (Å²) in [5, 5.41) is 9.90. The van der Waals surface area contributed by atoms with Crippen molar-refractivity contribution in [2.45, 2.75) is 0 Å². The minimum atomic E-state index is -0.0277. The molecule has 64 heavy (non-hydrogen) atoms. The van der Waals surface area contributed by atoms with E-state index >= 15 is 0 Å². The Morgan fingerprint density at radius 1 is 0.375 bits per heavy atom. The molecule has 1 aromatic heterocycles. The standard InChI is InChI=1S/C60H38BNOS/c1-2-16-41(17-3-1)45-24-8-10-30-54(45)62(55-31-14-26-49-47-25-9-11-33-58(47)64-60(49)55)42-34-35-46-48-36-37-53(50-27-15-32-56(59(48)50)63-57(46)38-42)61(51-28-12-20-39-18-4-6-22-43(39)51)52-29-13-21-40-19-5-7-23-44(40)52/h1-38H. The van der Waals surface area contributed by atoms with E-state index in [9.17, 15) is 0 Å². The van der Waals surface area contributed by atoms with Gasteiger partial charge in [0.25, 0.3) is 0 Å². The molecular weight excluding hydrogens is 794 g/mol. The fourth-order valence-electron chi connectivity index (χ4n) is 10.4. The first-order valence-electron chi connectivity index (χ1n) is 21.9. The highest BCUT2D eigenvalue weighted by atomic mass is 32.1. The number of fused-ring (bicyclic) bond motifs is 7. The van der Waals surface area contributed by atoms with Crippen molar-refractivity contribution in [1.82, 2.24) is 0 Å². The number of benzene rings is 11. The van der Waals surface area contributed by atoms with Crippen molar-refractivity contribution in [3.63, 3.8) is 0 Å². The minimum absolute atomic E-state index is 0.0277. The second-order valence-corrected chi connectivity index (χ2v) is 17.8. The maximum atomic E-state index is 7.13. The zero-order chi connectivity index (χ0) is 42.1. The molecule has 0 radical (unpaired) electrons. The number of hydrogen-bond acceptors (Lipinski definition) is 3. The lowest BCUT2D eigenvalue weighted by atomic mass is 9.35. The molecule has 0 N–H and O–H groups in total. The molecule has 12 aromatic rings. The van der Waals surface area contributed by atoms with Crippen LogP contribution in [0.15, 0.2) is 231 Å². The summed E-state index contributed by atoms with van der Waals surface area (Å²) in [6.07, 6.45) is 0. The van der Waals surface area contributed by atoms with Gasteiger partial charge < -0.3 is 9.64 Å². The van der Waals surface area contributed by atoms with E-state index in [4.69, 9.17) is 4.74 Å². The smallest absolute Gasteiger partial charge is 0.243 e. The van der Waals surface area contributed by atoms with Crippen LogP contribution in [0.5, 0.6) is 11.5 Å². The molecule has 0 bridgehead atoms. The van der Waals surface area contributed by atoms with E-state index in [0.29, 0.717) is 0 Å². The molecule has 2 heterocycles. The third-order valence-corrected chi connectivity index (χ3v) is 14.4. The molecule has 0 spiro atoms.